The van der Waals surface area contributed by atoms with E-state index in [0.717, 1.165) is 11.1 Å². The highest BCUT2D eigenvalue weighted by atomic mass is 35.5. The second-order valence-corrected chi connectivity index (χ2v) is 6.94. The smallest absolute Gasteiger partial charge is 0.340 e. The second kappa shape index (κ2) is 8.14. The first-order valence-electron chi connectivity index (χ1n) is 8.90. The van der Waals surface area contributed by atoms with Crippen LogP contribution in [0.25, 0.3) is 10.9 Å². The Balaban J connectivity index is 1.52. The SMILES string of the molecule is COC(=O)c1cn(CC(=O)OCc2cc(Cl)cc3c2OCOC3)c2ccccc12. The minimum atomic E-state index is -0.460. The quantitative estimate of drug-likeness (QED) is 0.591. The summed E-state index contributed by atoms with van der Waals surface area (Å²) < 4.78 is 22.7. The molecule has 4 rings (SSSR count). The van der Waals surface area contributed by atoms with E-state index < -0.39 is 11.9 Å². The number of hydrogen-bond donors (Lipinski definition) is 0. The maximum Gasteiger partial charge on any atom is 0.340 e. The molecule has 0 fully saturated rings. The lowest BCUT2D eigenvalue weighted by Crippen LogP contribution is -2.16. The van der Waals surface area contributed by atoms with Crippen molar-refractivity contribution in [2.75, 3.05) is 13.9 Å². The number of hydrogen-bond acceptors (Lipinski definition) is 6. The van der Waals surface area contributed by atoms with Gasteiger partial charge < -0.3 is 23.5 Å². The van der Waals surface area contributed by atoms with Crippen LogP contribution in [0, 0.1) is 0 Å². The van der Waals surface area contributed by atoms with Gasteiger partial charge in [0, 0.05) is 33.2 Å². The van der Waals surface area contributed by atoms with E-state index in [1.54, 1.807) is 29.0 Å². The molecule has 1 aliphatic heterocycles. The predicted octanol–water partition coefficient (Wildman–Crippen LogP) is 3.69. The van der Waals surface area contributed by atoms with Crippen LogP contribution >= 0.6 is 11.6 Å². The number of carbonyl (C=O) groups is 2. The molecule has 0 spiro atoms. The van der Waals surface area contributed by atoms with Gasteiger partial charge in [-0.15, -0.1) is 0 Å². The first-order valence-corrected chi connectivity index (χ1v) is 9.28. The van der Waals surface area contributed by atoms with Crippen molar-refractivity contribution in [1.29, 1.82) is 0 Å². The van der Waals surface area contributed by atoms with Crippen molar-refractivity contribution in [3.63, 3.8) is 0 Å². The monoisotopic (exact) mass is 415 g/mol. The number of carbonyl (C=O) groups excluding carboxylic acids is 2. The highest BCUT2D eigenvalue weighted by Crippen LogP contribution is 2.32. The number of halogens is 1. The molecule has 0 amide bonds. The van der Waals surface area contributed by atoms with Gasteiger partial charge in [-0.2, -0.15) is 0 Å². The van der Waals surface area contributed by atoms with Crippen LogP contribution in [0.15, 0.2) is 42.6 Å². The maximum absolute atomic E-state index is 12.5. The van der Waals surface area contributed by atoms with Gasteiger partial charge in [0.15, 0.2) is 6.79 Å². The lowest BCUT2D eigenvalue weighted by Gasteiger charge is -2.21. The van der Waals surface area contributed by atoms with Crippen LogP contribution in [0.2, 0.25) is 5.02 Å². The Bertz CT molecular complexity index is 1090. The number of nitrogens with zero attached hydrogens (tertiary/aromatic N) is 1. The first-order chi connectivity index (χ1) is 14.1. The molecule has 29 heavy (non-hydrogen) atoms. The summed E-state index contributed by atoms with van der Waals surface area (Å²) in [7, 11) is 1.32. The Morgan fingerprint density at radius 1 is 1.24 bits per heavy atom. The lowest BCUT2D eigenvalue weighted by molar-refractivity contribution is -0.145. The minimum Gasteiger partial charge on any atom is -0.467 e. The molecule has 7 nitrogen and oxygen atoms in total. The van der Waals surface area contributed by atoms with Gasteiger partial charge in [0.1, 0.15) is 18.9 Å². The Labute approximate surface area is 171 Å². The van der Waals surface area contributed by atoms with Crippen molar-refractivity contribution < 1.29 is 28.5 Å². The fourth-order valence-electron chi connectivity index (χ4n) is 3.36. The molecular weight excluding hydrogens is 398 g/mol. The Hall–Kier alpha value is -3.03. The number of fused-ring (bicyclic) bond motifs is 2. The molecule has 0 bridgehead atoms. The zero-order valence-electron chi connectivity index (χ0n) is 15.6. The fraction of sp³-hybridized carbons (Fsp3) is 0.238. The number of rotatable bonds is 5. The Kier molecular flexibility index (Phi) is 5.42. The summed E-state index contributed by atoms with van der Waals surface area (Å²) in [4.78, 5) is 24.5. The van der Waals surface area contributed by atoms with E-state index >= 15 is 0 Å². The lowest BCUT2D eigenvalue weighted by atomic mass is 10.1. The van der Waals surface area contributed by atoms with Crippen LogP contribution in [0.3, 0.4) is 0 Å². The number of methoxy groups -OCH3 is 1. The minimum absolute atomic E-state index is 0.0186. The van der Waals surface area contributed by atoms with Crippen molar-refractivity contribution in [1.82, 2.24) is 4.57 Å². The summed E-state index contributed by atoms with van der Waals surface area (Å²) in [5.41, 5.74) is 2.63. The molecule has 0 saturated heterocycles. The van der Waals surface area contributed by atoms with Gasteiger partial charge in [-0.1, -0.05) is 29.8 Å². The third-order valence-electron chi connectivity index (χ3n) is 4.63. The standard InChI is InChI=1S/C21H18ClNO6/c1-26-21(25)17-8-23(18-5-3-2-4-16(17)18)9-19(24)28-11-14-7-15(22)6-13-10-27-12-29-20(13)14/h2-8H,9-12H2,1H3. The molecule has 1 aliphatic rings. The molecule has 3 aromatic rings. The van der Waals surface area contributed by atoms with Crippen molar-refractivity contribution in [3.05, 3.63) is 64.3 Å². The topological polar surface area (TPSA) is 76.0 Å². The van der Waals surface area contributed by atoms with Gasteiger partial charge >= 0.3 is 11.9 Å². The van der Waals surface area contributed by atoms with Crippen molar-refractivity contribution in [2.45, 2.75) is 19.8 Å². The van der Waals surface area contributed by atoms with Gasteiger partial charge in [0.2, 0.25) is 0 Å². The number of para-hydroxylation sites is 1. The normalized spacial score (nSPS) is 12.9. The van der Waals surface area contributed by atoms with Crippen LogP contribution < -0.4 is 4.74 Å². The maximum atomic E-state index is 12.5. The molecule has 2 heterocycles. The van der Waals surface area contributed by atoms with E-state index in [4.69, 9.17) is 30.5 Å². The van der Waals surface area contributed by atoms with Crippen molar-refractivity contribution in [2.24, 2.45) is 0 Å². The fourth-order valence-corrected chi connectivity index (χ4v) is 3.62. The van der Waals surface area contributed by atoms with Gasteiger partial charge in [0.05, 0.1) is 19.3 Å². The third-order valence-corrected chi connectivity index (χ3v) is 4.85. The van der Waals surface area contributed by atoms with Crippen LogP contribution in [0.1, 0.15) is 21.5 Å². The number of ether oxygens (including phenoxy) is 4. The summed E-state index contributed by atoms with van der Waals surface area (Å²) >= 11 is 6.14. The van der Waals surface area contributed by atoms with Gasteiger partial charge in [-0.05, 0) is 18.2 Å². The molecule has 1 aromatic heterocycles. The molecule has 0 N–H and O–H groups in total. The number of aromatic nitrogens is 1. The summed E-state index contributed by atoms with van der Waals surface area (Å²) in [6, 6.07) is 10.8. The van der Waals surface area contributed by atoms with E-state index in [9.17, 15) is 9.59 Å². The zero-order chi connectivity index (χ0) is 20.4. The van der Waals surface area contributed by atoms with Crippen LogP contribution in [0.4, 0.5) is 0 Å². The molecule has 0 radical (unpaired) electrons. The number of esters is 2. The average Bonchev–Trinajstić information content (AvgIpc) is 3.10. The highest BCUT2D eigenvalue weighted by Gasteiger charge is 2.19. The average molecular weight is 416 g/mol. The molecule has 150 valence electrons. The van der Waals surface area contributed by atoms with E-state index in [-0.39, 0.29) is 19.9 Å². The molecular formula is C21H18ClNO6. The van der Waals surface area contributed by atoms with Gasteiger partial charge in [0.25, 0.3) is 0 Å². The molecule has 8 heteroatoms. The molecule has 2 aromatic carbocycles. The van der Waals surface area contributed by atoms with E-state index in [0.29, 0.717) is 33.9 Å². The van der Waals surface area contributed by atoms with Crippen LogP contribution in [-0.4, -0.2) is 30.4 Å². The molecule has 0 atom stereocenters. The molecule has 0 aliphatic carbocycles. The molecule has 0 unspecified atom stereocenters. The highest BCUT2D eigenvalue weighted by molar-refractivity contribution is 6.30. The van der Waals surface area contributed by atoms with Gasteiger partial charge in [-0.3, -0.25) is 4.79 Å². The van der Waals surface area contributed by atoms with Gasteiger partial charge in [-0.25, -0.2) is 4.79 Å². The van der Waals surface area contributed by atoms with E-state index in [2.05, 4.69) is 0 Å². The second-order valence-electron chi connectivity index (χ2n) is 6.50. The van der Waals surface area contributed by atoms with E-state index in [1.165, 1.54) is 7.11 Å². The number of benzene rings is 2. The van der Waals surface area contributed by atoms with Crippen LogP contribution in [-0.2, 0) is 38.8 Å². The molecule has 0 saturated carbocycles. The Morgan fingerprint density at radius 2 is 2.07 bits per heavy atom. The third kappa shape index (κ3) is 3.92. The summed E-state index contributed by atoms with van der Waals surface area (Å²) in [5, 5.41) is 1.23. The summed E-state index contributed by atoms with van der Waals surface area (Å²) in [6.45, 7) is 0.499. The van der Waals surface area contributed by atoms with Crippen molar-refractivity contribution in [3.8, 4) is 5.75 Å². The van der Waals surface area contributed by atoms with E-state index in [1.807, 2.05) is 18.2 Å². The predicted molar refractivity (Wildman–Crippen MR) is 105 cm³/mol. The Morgan fingerprint density at radius 3 is 2.90 bits per heavy atom. The summed E-state index contributed by atoms with van der Waals surface area (Å²) in [5.74, 6) is -0.283. The van der Waals surface area contributed by atoms with Crippen LogP contribution in [0.5, 0.6) is 5.75 Å². The summed E-state index contributed by atoms with van der Waals surface area (Å²) in [6.07, 6.45) is 1.60. The largest absolute Gasteiger partial charge is 0.467 e. The van der Waals surface area contributed by atoms with Crippen molar-refractivity contribution >= 4 is 34.4 Å². The first kappa shape index (κ1) is 19.3. The zero-order valence-corrected chi connectivity index (χ0v) is 16.4.